The molecular formula is C18H24ClN3O3. The smallest absolute Gasteiger partial charge is 0.252 e. The van der Waals surface area contributed by atoms with Gasteiger partial charge in [0.1, 0.15) is 12.3 Å². The fourth-order valence-corrected chi connectivity index (χ4v) is 3.09. The number of carbonyl (C=O) groups excluding carboxylic acids is 3. The van der Waals surface area contributed by atoms with Gasteiger partial charge in [-0.25, -0.2) is 0 Å². The number of nitrogens with zero attached hydrogens (tertiary/aromatic N) is 1. The summed E-state index contributed by atoms with van der Waals surface area (Å²) in [5, 5.41) is 3.08. The molecule has 2 atom stereocenters. The second kappa shape index (κ2) is 7.44. The lowest BCUT2D eigenvalue weighted by atomic mass is 9.85. The SMILES string of the molecule is CC(C)(C)[C@H](NC(=O)c1ccc(N)c(Cl)c1)C(=O)N1CCCC1C=O. The molecule has 2 amide bonds. The van der Waals surface area contributed by atoms with Crippen molar-refractivity contribution in [3.8, 4) is 0 Å². The van der Waals surface area contributed by atoms with Gasteiger partial charge in [-0.3, -0.25) is 9.59 Å². The van der Waals surface area contributed by atoms with Gasteiger partial charge in [0.05, 0.1) is 16.8 Å². The van der Waals surface area contributed by atoms with Crippen molar-refractivity contribution in [2.75, 3.05) is 12.3 Å². The van der Waals surface area contributed by atoms with Crippen LogP contribution in [0.4, 0.5) is 5.69 Å². The Kier molecular flexibility index (Phi) is 5.72. The van der Waals surface area contributed by atoms with Gasteiger partial charge in [0.25, 0.3) is 5.91 Å². The maximum Gasteiger partial charge on any atom is 0.252 e. The number of benzene rings is 1. The number of amides is 2. The Hall–Kier alpha value is -2.08. The Balaban J connectivity index is 2.23. The van der Waals surface area contributed by atoms with Crippen molar-refractivity contribution in [1.82, 2.24) is 10.2 Å². The molecule has 0 spiro atoms. The number of likely N-dealkylation sites (tertiary alicyclic amines) is 1. The van der Waals surface area contributed by atoms with E-state index in [1.807, 2.05) is 20.8 Å². The highest BCUT2D eigenvalue weighted by atomic mass is 35.5. The van der Waals surface area contributed by atoms with Crippen molar-refractivity contribution in [2.45, 2.75) is 45.7 Å². The molecule has 1 heterocycles. The van der Waals surface area contributed by atoms with Crippen LogP contribution >= 0.6 is 11.6 Å². The molecule has 1 aliphatic rings. The first-order chi connectivity index (χ1) is 11.6. The predicted molar refractivity (Wildman–Crippen MR) is 97.4 cm³/mol. The number of rotatable bonds is 4. The molecule has 3 N–H and O–H groups in total. The minimum atomic E-state index is -0.753. The summed E-state index contributed by atoms with van der Waals surface area (Å²) in [7, 11) is 0. The number of carbonyl (C=O) groups is 3. The number of halogens is 1. The number of nitrogens with two attached hydrogens (primary N) is 1. The van der Waals surface area contributed by atoms with Gasteiger partial charge in [0, 0.05) is 12.1 Å². The summed E-state index contributed by atoms with van der Waals surface area (Å²) in [6.45, 7) is 6.14. The number of hydrogen-bond donors (Lipinski definition) is 2. The molecule has 6 nitrogen and oxygen atoms in total. The van der Waals surface area contributed by atoms with Gasteiger partial charge in [-0.2, -0.15) is 0 Å². The molecule has 1 fully saturated rings. The highest BCUT2D eigenvalue weighted by Crippen LogP contribution is 2.26. The van der Waals surface area contributed by atoms with Crippen LogP contribution in [0.2, 0.25) is 5.02 Å². The van der Waals surface area contributed by atoms with Gasteiger partial charge in [0.15, 0.2) is 0 Å². The van der Waals surface area contributed by atoms with Crippen LogP contribution in [-0.2, 0) is 9.59 Å². The third kappa shape index (κ3) is 4.31. The molecule has 0 aromatic heterocycles. The number of anilines is 1. The van der Waals surface area contributed by atoms with E-state index < -0.39 is 23.4 Å². The molecule has 0 radical (unpaired) electrons. The molecule has 0 aliphatic carbocycles. The van der Waals surface area contributed by atoms with Crippen LogP contribution in [0.3, 0.4) is 0 Å². The summed E-state index contributed by atoms with van der Waals surface area (Å²) >= 11 is 5.97. The van der Waals surface area contributed by atoms with Gasteiger partial charge >= 0.3 is 0 Å². The minimum absolute atomic E-state index is 0.239. The maximum atomic E-state index is 13.0. The Bertz CT molecular complexity index is 685. The molecular weight excluding hydrogens is 342 g/mol. The summed E-state index contributed by atoms with van der Waals surface area (Å²) in [6, 6.07) is 3.41. The maximum absolute atomic E-state index is 13.0. The van der Waals surface area contributed by atoms with Gasteiger partial charge in [0.2, 0.25) is 5.91 Å². The quantitative estimate of drug-likeness (QED) is 0.632. The topological polar surface area (TPSA) is 92.5 Å². The average molecular weight is 366 g/mol. The number of hydrogen-bond acceptors (Lipinski definition) is 4. The van der Waals surface area contributed by atoms with Gasteiger partial charge in [-0.1, -0.05) is 32.4 Å². The van der Waals surface area contributed by atoms with E-state index in [2.05, 4.69) is 5.32 Å². The third-order valence-corrected chi connectivity index (χ3v) is 4.72. The molecule has 1 aromatic rings. The van der Waals surface area contributed by atoms with Crippen LogP contribution in [-0.4, -0.2) is 41.6 Å². The summed E-state index contributed by atoms with van der Waals surface area (Å²) < 4.78 is 0. The lowest BCUT2D eigenvalue weighted by molar-refractivity contribution is -0.138. The molecule has 136 valence electrons. The van der Waals surface area contributed by atoms with E-state index in [1.165, 1.54) is 6.07 Å². The summed E-state index contributed by atoms with van der Waals surface area (Å²) in [4.78, 5) is 38.3. The van der Waals surface area contributed by atoms with Gasteiger partial charge < -0.3 is 20.7 Å². The zero-order chi connectivity index (χ0) is 18.8. The van der Waals surface area contributed by atoms with E-state index in [9.17, 15) is 14.4 Å². The lowest BCUT2D eigenvalue weighted by Crippen LogP contribution is -2.55. The second-order valence-electron chi connectivity index (χ2n) is 7.39. The first-order valence-electron chi connectivity index (χ1n) is 8.27. The number of nitrogens with one attached hydrogen (secondary N) is 1. The molecule has 0 bridgehead atoms. The zero-order valence-corrected chi connectivity index (χ0v) is 15.5. The Morgan fingerprint density at radius 1 is 1.40 bits per heavy atom. The predicted octanol–water partition coefficient (Wildman–Crippen LogP) is 2.26. The standard InChI is InChI=1S/C18H24ClN3O3/c1-18(2,3)15(17(25)22-8-4-5-12(22)10-23)21-16(24)11-6-7-14(20)13(19)9-11/h6-7,9-10,12,15H,4-5,8,20H2,1-3H3,(H,21,24)/t12?,15-/m1/s1. The van der Waals surface area contributed by atoms with Crippen LogP contribution in [0.5, 0.6) is 0 Å². The van der Waals surface area contributed by atoms with Crippen LogP contribution in [0.25, 0.3) is 0 Å². The number of aldehydes is 1. The lowest BCUT2D eigenvalue weighted by Gasteiger charge is -2.34. The summed E-state index contributed by atoms with van der Waals surface area (Å²) in [5.74, 6) is -0.644. The summed E-state index contributed by atoms with van der Waals surface area (Å²) in [5.41, 5.74) is 5.86. The Morgan fingerprint density at radius 3 is 2.64 bits per heavy atom. The highest BCUT2D eigenvalue weighted by molar-refractivity contribution is 6.33. The zero-order valence-electron chi connectivity index (χ0n) is 14.7. The van der Waals surface area contributed by atoms with E-state index in [1.54, 1.807) is 17.0 Å². The van der Waals surface area contributed by atoms with E-state index >= 15 is 0 Å². The Morgan fingerprint density at radius 2 is 2.08 bits per heavy atom. The van der Waals surface area contributed by atoms with E-state index in [4.69, 9.17) is 17.3 Å². The summed E-state index contributed by atoms with van der Waals surface area (Å²) in [6.07, 6.45) is 2.24. The molecule has 1 saturated heterocycles. The first kappa shape index (κ1) is 19.2. The molecule has 7 heteroatoms. The molecule has 0 saturated carbocycles. The normalized spacial score (nSPS) is 18.7. The fourth-order valence-electron chi connectivity index (χ4n) is 2.90. The third-order valence-electron chi connectivity index (χ3n) is 4.39. The molecule has 2 rings (SSSR count). The number of nitrogen functional groups attached to an aromatic ring is 1. The van der Waals surface area contributed by atoms with Gasteiger partial charge in [-0.15, -0.1) is 0 Å². The monoisotopic (exact) mass is 365 g/mol. The fraction of sp³-hybridized carbons (Fsp3) is 0.500. The van der Waals surface area contributed by atoms with Gasteiger partial charge in [-0.05, 0) is 36.5 Å². The van der Waals surface area contributed by atoms with Crippen molar-refractivity contribution in [3.63, 3.8) is 0 Å². The van der Waals surface area contributed by atoms with Crippen molar-refractivity contribution >= 4 is 35.4 Å². The average Bonchev–Trinajstić information content (AvgIpc) is 3.01. The van der Waals surface area contributed by atoms with Crippen molar-refractivity contribution < 1.29 is 14.4 Å². The van der Waals surface area contributed by atoms with E-state index in [-0.39, 0.29) is 10.9 Å². The van der Waals surface area contributed by atoms with E-state index in [0.29, 0.717) is 24.2 Å². The van der Waals surface area contributed by atoms with Crippen LogP contribution in [0.15, 0.2) is 18.2 Å². The first-order valence-corrected chi connectivity index (χ1v) is 8.64. The van der Waals surface area contributed by atoms with Crippen LogP contribution in [0.1, 0.15) is 44.0 Å². The molecule has 1 aliphatic heterocycles. The van der Waals surface area contributed by atoms with Crippen molar-refractivity contribution in [2.24, 2.45) is 5.41 Å². The van der Waals surface area contributed by atoms with Crippen molar-refractivity contribution in [1.29, 1.82) is 0 Å². The highest BCUT2D eigenvalue weighted by Gasteiger charge is 2.39. The van der Waals surface area contributed by atoms with Crippen molar-refractivity contribution in [3.05, 3.63) is 28.8 Å². The van der Waals surface area contributed by atoms with Crippen LogP contribution < -0.4 is 11.1 Å². The van der Waals surface area contributed by atoms with Crippen LogP contribution in [0, 0.1) is 5.41 Å². The molecule has 25 heavy (non-hydrogen) atoms. The molecule has 1 aromatic carbocycles. The van der Waals surface area contributed by atoms with E-state index in [0.717, 1.165) is 12.7 Å². The molecule has 1 unspecified atom stereocenters. The second-order valence-corrected chi connectivity index (χ2v) is 7.79. The Labute approximate surface area is 152 Å². The minimum Gasteiger partial charge on any atom is -0.398 e. The largest absolute Gasteiger partial charge is 0.398 e.